The third-order valence-electron chi connectivity index (χ3n) is 10.4. The van der Waals surface area contributed by atoms with Crippen molar-refractivity contribution in [3.05, 3.63) is 167 Å². The Balaban J connectivity index is 1.22. The van der Waals surface area contributed by atoms with Crippen LogP contribution in [0, 0.1) is 5.82 Å². The number of hydrogen-bond donors (Lipinski definition) is 4. The Morgan fingerprint density at radius 1 is 0.741 bits per heavy atom. The van der Waals surface area contributed by atoms with Crippen LogP contribution < -0.4 is 26.0 Å². The minimum absolute atomic E-state index is 0.0200. The molecular weight excluding hydrogens is 738 g/mol. The zero-order valence-electron chi connectivity index (χ0n) is 31.7. The van der Waals surface area contributed by atoms with Crippen molar-refractivity contribution in [2.45, 2.75) is 62.8 Å². The fourth-order valence-corrected chi connectivity index (χ4v) is 7.37. The Morgan fingerprint density at radius 2 is 1.47 bits per heavy atom. The Kier molecular flexibility index (Phi) is 12.5. The number of carbonyl (C=O) groups excluding carboxylic acids is 5. The van der Waals surface area contributed by atoms with Crippen LogP contribution in [0.2, 0.25) is 0 Å². The second-order valence-electron chi connectivity index (χ2n) is 14.5. The molecule has 0 radical (unpaired) electrons. The van der Waals surface area contributed by atoms with Crippen LogP contribution in [0.5, 0.6) is 11.5 Å². The summed E-state index contributed by atoms with van der Waals surface area (Å²) >= 11 is 0. The number of benzene rings is 5. The molecular formula is C46H44FN5O6. The van der Waals surface area contributed by atoms with Gasteiger partial charge < -0.3 is 30.9 Å². The summed E-state index contributed by atoms with van der Waals surface area (Å²) in [5.74, 6) is -2.44. The molecule has 3 aliphatic heterocycles. The van der Waals surface area contributed by atoms with E-state index >= 15 is 0 Å². The van der Waals surface area contributed by atoms with Crippen LogP contribution >= 0.6 is 0 Å². The molecule has 0 saturated carbocycles. The average Bonchev–Trinajstić information content (AvgIpc) is 3.74. The highest BCUT2D eigenvalue weighted by molar-refractivity contribution is 5.99. The predicted molar refractivity (Wildman–Crippen MR) is 215 cm³/mol. The molecule has 5 aromatic carbocycles. The van der Waals surface area contributed by atoms with Gasteiger partial charge in [-0.25, -0.2) is 4.39 Å². The second-order valence-corrected chi connectivity index (χ2v) is 14.5. The Morgan fingerprint density at radius 3 is 2.22 bits per heavy atom. The van der Waals surface area contributed by atoms with Crippen LogP contribution in [0.1, 0.15) is 57.9 Å². The van der Waals surface area contributed by atoms with Gasteiger partial charge in [-0.15, -0.1) is 0 Å². The van der Waals surface area contributed by atoms with Crippen LogP contribution in [-0.4, -0.2) is 59.1 Å². The highest BCUT2D eigenvalue weighted by Crippen LogP contribution is 2.32. The van der Waals surface area contributed by atoms with Crippen LogP contribution in [0.15, 0.2) is 133 Å². The Hall–Kier alpha value is -6.82. The van der Waals surface area contributed by atoms with Crippen molar-refractivity contribution in [1.82, 2.24) is 26.2 Å². The number of likely N-dealkylation sites (tertiary alicyclic amines) is 1. The fourth-order valence-electron chi connectivity index (χ4n) is 7.37. The Bertz CT molecular complexity index is 2250. The van der Waals surface area contributed by atoms with Gasteiger partial charge in [0, 0.05) is 37.1 Å². The number of halogens is 1. The molecule has 0 aromatic heterocycles. The number of fused-ring (bicyclic) bond motifs is 10. The summed E-state index contributed by atoms with van der Waals surface area (Å²) in [4.78, 5) is 72.1. The lowest BCUT2D eigenvalue weighted by Crippen LogP contribution is -2.58. The maximum Gasteiger partial charge on any atom is 0.251 e. The lowest BCUT2D eigenvalue weighted by Gasteiger charge is -2.29. The van der Waals surface area contributed by atoms with E-state index in [2.05, 4.69) is 21.3 Å². The van der Waals surface area contributed by atoms with E-state index in [9.17, 15) is 28.4 Å². The van der Waals surface area contributed by atoms with Crippen molar-refractivity contribution in [2.75, 3.05) is 6.54 Å². The SMILES string of the molecule is O=C(N[C@H]1Cc2cccc(c2)Oc2ccc(cc2)C[C@@H](C(=O)NCc2ccccc2F)NC(=O)[C@H](CC(=O)N2CCC[C@@H]2c2ccccc2)NC1=O)c1ccccc1. The summed E-state index contributed by atoms with van der Waals surface area (Å²) in [5, 5.41) is 11.1. The van der Waals surface area contributed by atoms with Gasteiger partial charge in [0.15, 0.2) is 0 Å². The van der Waals surface area contributed by atoms with E-state index < -0.39 is 54.0 Å². The number of nitrogens with zero attached hydrogens (tertiary/aromatic N) is 1. The first-order valence-electron chi connectivity index (χ1n) is 19.4. The van der Waals surface area contributed by atoms with E-state index in [0.29, 0.717) is 34.7 Å². The Labute approximate surface area is 336 Å². The highest BCUT2D eigenvalue weighted by atomic mass is 19.1. The van der Waals surface area contributed by atoms with Gasteiger partial charge in [0.05, 0.1) is 12.5 Å². The molecule has 5 amide bonds. The maximum atomic E-state index is 14.5. The lowest BCUT2D eigenvalue weighted by molar-refractivity contribution is -0.138. The van der Waals surface area contributed by atoms with Gasteiger partial charge in [-0.3, -0.25) is 24.0 Å². The molecule has 8 rings (SSSR count). The molecule has 1 fully saturated rings. The zero-order chi connectivity index (χ0) is 40.4. The number of ether oxygens (including phenoxy) is 1. The number of carbonyl (C=O) groups is 5. The van der Waals surface area contributed by atoms with Gasteiger partial charge in [0.2, 0.25) is 23.6 Å². The molecule has 12 heteroatoms. The molecule has 0 spiro atoms. The number of nitrogens with one attached hydrogen (secondary N) is 4. The van der Waals surface area contributed by atoms with E-state index in [0.717, 1.165) is 18.4 Å². The summed E-state index contributed by atoms with van der Waals surface area (Å²) in [6.45, 7) is 0.326. The molecule has 4 bridgehead atoms. The van der Waals surface area contributed by atoms with Crippen LogP contribution in [0.4, 0.5) is 4.39 Å². The van der Waals surface area contributed by atoms with Crippen LogP contribution in [-0.2, 0) is 38.6 Å². The normalized spacial score (nSPS) is 19.6. The van der Waals surface area contributed by atoms with Crippen molar-refractivity contribution in [2.24, 2.45) is 0 Å². The molecule has 58 heavy (non-hydrogen) atoms. The smallest absolute Gasteiger partial charge is 0.251 e. The first-order valence-corrected chi connectivity index (χ1v) is 19.4. The first-order chi connectivity index (χ1) is 28.2. The minimum atomic E-state index is -1.44. The standard InChI is InChI=1S/C46H44FN5O6/c47-37-18-8-7-16-34(37)29-48-44(55)38-26-30-20-22-35(23-21-30)58-36-17-9-11-31(25-36)27-39(49-43(54)33-14-5-2-6-15-33)45(56)51-40(46(57)50-38)28-42(53)52-24-10-19-41(52)32-12-3-1-4-13-32/h1-9,11-18,20-23,25,38-41H,10,19,24,26-29H2,(H,48,55)(H,49,54)(H,50,57)(H,51,56)/t38-,39-,40-,41+/m0/s1. The summed E-state index contributed by atoms with van der Waals surface area (Å²) < 4.78 is 20.7. The largest absolute Gasteiger partial charge is 0.457 e. The van der Waals surface area contributed by atoms with Gasteiger partial charge in [0.25, 0.3) is 5.91 Å². The van der Waals surface area contributed by atoms with Gasteiger partial charge in [-0.2, -0.15) is 0 Å². The molecule has 0 aliphatic carbocycles. The summed E-state index contributed by atoms with van der Waals surface area (Å²) in [5.41, 5.74) is 2.89. The monoisotopic (exact) mass is 781 g/mol. The van der Waals surface area contributed by atoms with Gasteiger partial charge in [-0.05, 0) is 72.0 Å². The molecule has 4 N–H and O–H groups in total. The number of hydrogen-bond acceptors (Lipinski definition) is 6. The van der Waals surface area contributed by atoms with Crippen molar-refractivity contribution < 1.29 is 33.1 Å². The third kappa shape index (κ3) is 9.94. The van der Waals surface area contributed by atoms with Crippen molar-refractivity contribution >= 4 is 29.5 Å². The molecule has 11 nitrogen and oxygen atoms in total. The fraction of sp³-hybridized carbons (Fsp3) is 0.239. The summed E-state index contributed by atoms with van der Waals surface area (Å²) in [6.07, 6.45) is 1.12. The van der Waals surface area contributed by atoms with Gasteiger partial charge in [-0.1, -0.05) is 91.0 Å². The maximum absolute atomic E-state index is 14.5. The quantitative estimate of drug-likeness (QED) is 0.162. The zero-order valence-corrected chi connectivity index (χ0v) is 31.7. The topological polar surface area (TPSA) is 146 Å². The van der Waals surface area contributed by atoms with E-state index in [4.69, 9.17) is 4.74 Å². The van der Waals surface area contributed by atoms with E-state index in [-0.39, 0.29) is 36.9 Å². The second kappa shape index (κ2) is 18.4. The third-order valence-corrected chi connectivity index (χ3v) is 10.4. The molecule has 4 atom stereocenters. The highest BCUT2D eigenvalue weighted by Gasteiger charge is 2.36. The molecule has 296 valence electrons. The van der Waals surface area contributed by atoms with Crippen LogP contribution in [0.3, 0.4) is 0 Å². The van der Waals surface area contributed by atoms with E-state index in [1.165, 1.54) is 6.07 Å². The first kappa shape index (κ1) is 39.4. The number of amides is 5. The molecule has 5 aromatic rings. The minimum Gasteiger partial charge on any atom is -0.457 e. The van der Waals surface area contributed by atoms with Gasteiger partial charge >= 0.3 is 0 Å². The van der Waals surface area contributed by atoms with E-state index in [1.54, 1.807) is 102 Å². The summed E-state index contributed by atoms with van der Waals surface area (Å²) in [7, 11) is 0. The molecule has 0 unspecified atom stereocenters. The average molecular weight is 782 g/mol. The van der Waals surface area contributed by atoms with Crippen molar-refractivity contribution in [3.8, 4) is 11.5 Å². The molecule has 1 saturated heterocycles. The van der Waals surface area contributed by atoms with Gasteiger partial charge in [0.1, 0.15) is 35.4 Å². The summed E-state index contributed by atoms with van der Waals surface area (Å²) in [6, 6.07) is 34.2. The predicted octanol–water partition coefficient (Wildman–Crippen LogP) is 5.56. The lowest BCUT2D eigenvalue weighted by atomic mass is 10.0. The van der Waals surface area contributed by atoms with Crippen molar-refractivity contribution in [1.29, 1.82) is 0 Å². The number of rotatable bonds is 8. The van der Waals surface area contributed by atoms with E-state index in [1.807, 2.05) is 30.3 Å². The van der Waals surface area contributed by atoms with Crippen molar-refractivity contribution in [3.63, 3.8) is 0 Å². The molecule has 3 aliphatic rings. The van der Waals surface area contributed by atoms with Crippen LogP contribution in [0.25, 0.3) is 0 Å². The molecule has 3 heterocycles.